The average molecular weight is 491 g/mol. The number of carbonyl (C=O) groups excluding carboxylic acids is 3. The van der Waals surface area contributed by atoms with Crippen LogP contribution in [0.15, 0.2) is 30.3 Å². The molecule has 4 heterocycles. The maximum Gasteiger partial charge on any atom is 0.250 e. The molecule has 3 amide bonds. The van der Waals surface area contributed by atoms with E-state index in [-0.39, 0.29) is 22.9 Å². The number of nitrogens with zero attached hydrogens (tertiary/aromatic N) is 2. The molecular weight excluding hydrogens is 473 g/mol. The fourth-order valence-corrected chi connectivity index (χ4v) is 6.89. The molecule has 3 saturated heterocycles. The van der Waals surface area contributed by atoms with Crippen LogP contribution in [0.3, 0.4) is 0 Å². The minimum atomic E-state index is -1.26. The summed E-state index contributed by atoms with van der Waals surface area (Å²) in [7, 11) is 0. The van der Waals surface area contributed by atoms with Crippen LogP contribution in [0.4, 0.5) is 11.4 Å². The van der Waals surface area contributed by atoms with Gasteiger partial charge in [-0.2, -0.15) is 0 Å². The minimum absolute atomic E-state index is 0.194. The zero-order chi connectivity index (χ0) is 22.5. The summed E-state index contributed by atoms with van der Waals surface area (Å²) >= 11 is 18.7. The molecule has 0 saturated carbocycles. The van der Waals surface area contributed by atoms with Crippen molar-refractivity contribution in [2.75, 3.05) is 16.8 Å². The van der Waals surface area contributed by atoms with Crippen LogP contribution in [-0.2, 0) is 19.9 Å². The van der Waals surface area contributed by atoms with Crippen molar-refractivity contribution in [3.63, 3.8) is 0 Å². The summed E-state index contributed by atoms with van der Waals surface area (Å²) < 4.78 is 0. The average Bonchev–Trinajstić information content (AvgIpc) is 3.44. The van der Waals surface area contributed by atoms with E-state index in [4.69, 9.17) is 34.8 Å². The van der Waals surface area contributed by atoms with E-state index in [0.717, 1.165) is 18.4 Å². The third-order valence-electron chi connectivity index (χ3n) is 7.36. The number of halogens is 3. The van der Waals surface area contributed by atoms with Crippen molar-refractivity contribution in [1.29, 1.82) is 0 Å². The molecule has 0 aromatic heterocycles. The highest BCUT2D eigenvalue weighted by Gasteiger charge is 2.74. The van der Waals surface area contributed by atoms with Gasteiger partial charge in [-0.25, -0.2) is 4.90 Å². The van der Waals surface area contributed by atoms with E-state index in [2.05, 4.69) is 10.2 Å². The molecule has 9 heteroatoms. The Hall–Kier alpha value is -2.12. The summed E-state index contributed by atoms with van der Waals surface area (Å²) in [6.07, 6.45) is 1.60. The second kappa shape index (κ2) is 6.70. The molecule has 6 nitrogen and oxygen atoms in total. The molecule has 0 unspecified atom stereocenters. The highest BCUT2D eigenvalue weighted by molar-refractivity contribution is 6.42. The Morgan fingerprint density at radius 3 is 2.53 bits per heavy atom. The predicted molar refractivity (Wildman–Crippen MR) is 122 cm³/mol. The predicted octanol–water partition coefficient (Wildman–Crippen LogP) is 4.39. The van der Waals surface area contributed by atoms with Gasteiger partial charge in [0.2, 0.25) is 11.8 Å². The number of benzene rings is 2. The number of aryl methyl sites for hydroxylation is 1. The van der Waals surface area contributed by atoms with Gasteiger partial charge in [0.25, 0.3) is 5.91 Å². The quantitative estimate of drug-likeness (QED) is 0.602. The van der Waals surface area contributed by atoms with Crippen LogP contribution in [0.5, 0.6) is 0 Å². The van der Waals surface area contributed by atoms with E-state index >= 15 is 0 Å². The fourth-order valence-electron chi connectivity index (χ4n) is 6.27. The Balaban J connectivity index is 1.57. The first-order valence-corrected chi connectivity index (χ1v) is 11.6. The van der Waals surface area contributed by atoms with E-state index in [9.17, 15) is 14.4 Å². The molecule has 0 aliphatic carbocycles. The molecule has 0 bridgehead atoms. The first-order chi connectivity index (χ1) is 15.3. The van der Waals surface area contributed by atoms with Crippen molar-refractivity contribution in [2.24, 2.45) is 11.8 Å². The summed E-state index contributed by atoms with van der Waals surface area (Å²) in [5.41, 5.74) is 1.21. The standard InChI is InChI=1S/C23H18Cl3N3O3/c1-10-7-12-19(15(26)8-10)27-22(32)23(12)18-17(16-3-2-6-28(16)23)20(30)29(21(18)31)11-4-5-13(24)14(25)9-11/h4-5,7-9,16-18H,2-3,6H2,1H3,(H,27,32)/t16-,17+,18+,23-/m1/s1. The lowest BCUT2D eigenvalue weighted by atomic mass is 9.75. The number of nitrogens with one attached hydrogen (secondary N) is 1. The van der Waals surface area contributed by atoms with Gasteiger partial charge >= 0.3 is 0 Å². The summed E-state index contributed by atoms with van der Waals surface area (Å²) in [6.45, 7) is 2.55. The molecule has 32 heavy (non-hydrogen) atoms. The molecule has 1 spiro atoms. The SMILES string of the molecule is Cc1cc(Cl)c2c(c1)[C@]1(C(=O)N2)[C@@H]2C(=O)N(c3ccc(Cl)c(Cl)c3)C(=O)[C@H]2[C@H]2CCCN21. The Bertz CT molecular complexity index is 1250. The third-order valence-corrected chi connectivity index (χ3v) is 8.40. The number of fused-ring (bicyclic) bond motifs is 7. The topological polar surface area (TPSA) is 69.7 Å². The normalized spacial score (nSPS) is 30.8. The first-order valence-electron chi connectivity index (χ1n) is 10.5. The van der Waals surface area contributed by atoms with Crippen molar-refractivity contribution in [3.8, 4) is 0 Å². The van der Waals surface area contributed by atoms with Crippen molar-refractivity contribution in [1.82, 2.24) is 4.90 Å². The lowest BCUT2D eigenvalue weighted by Gasteiger charge is -2.36. The molecule has 3 fully saturated rings. The largest absolute Gasteiger partial charge is 0.323 e. The van der Waals surface area contributed by atoms with Gasteiger partial charge in [-0.05, 0) is 56.1 Å². The number of anilines is 2. The maximum atomic E-state index is 13.9. The van der Waals surface area contributed by atoms with Crippen LogP contribution in [0.1, 0.15) is 24.0 Å². The zero-order valence-corrected chi connectivity index (χ0v) is 19.3. The number of rotatable bonds is 1. The van der Waals surface area contributed by atoms with E-state index < -0.39 is 23.3 Å². The molecule has 2 aromatic carbocycles. The zero-order valence-electron chi connectivity index (χ0n) is 17.0. The van der Waals surface area contributed by atoms with Crippen LogP contribution >= 0.6 is 34.8 Å². The second-order valence-corrected chi connectivity index (χ2v) is 10.1. The maximum absolute atomic E-state index is 13.9. The number of carbonyl (C=O) groups is 3. The van der Waals surface area contributed by atoms with Gasteiger partial charge in [0, 0.05) is 11.6 Å². The third kappa shape index (κ3) is 2.34. The number of imide groups is 1. The molecule has 2 aromatic rings. The molecular formula is C23H18Cl3N3O3. The molecule has 1 N–H and O–H groups in total. The van der Waals surface area contributed by atoms with Crippen LogP contribution in [-0.4, -0.2) is 35.2 Å². The van der Waals surface area contributed by atoms with Crippen LogP contribution in [0, 0.1) is 18.8 Å². The Morgan fingerprint density at radius 2 is 1.78 bits per heavy atom. The second-order valence-electron chi connectivity index (χ2n) is 8.91. The van der Waals surface area contributed by atoms with Gasteiger partial charge in [-0.3, -0.25) is 19.3 Å². The minimum Gasteiger partial charge on any atom is -0.323 e. The lowest BCUT2D eigenvalue weighted by molar-refractivity contribution is -0.135. The summed E-state index contributed by atoms with van der Waals surface area (Å²) in [5.74, 6) is -2.44. The Labute approximate surface area is 199 Å². The van der Waals surface area contributed by atoms with Gasteiger partial charge < -0.3 is 5.32 Å². The first kappa shape index (κ1) is 20.5. The van der Waals surface area contributed by atoms with Crippen molar-refractivity contribution in [3.05, 3.63) is 56.5 Å². The smallest absolute Gasteiger partial charge is 0.250 e. The van der Waals surface area contributed by atoms with Gasteiger partial charge in [0.1, 0.15) is 5.54 Å². The van der Waals surface area contributed by atoms with Crippen LogP contribution in [0.25, 0.3) is 0 Å². The summed E-state index contributed by atoms with van der Waals surface area (Å²) in [4.78, 5) is 44.5. The number of hydrogen-bond acceptors (Lipinski definition) is 4. The highest BCUT2D eigenvalue weighted by Crippen LogP contribution is 2.61. The van der Waals surface area contributed by atoms with Crippen LogP contribution < -0.4 is 10.2 Å². The van der Waals surface area contributed by atoms with Gasteiger partial charge in [0.05, 0.1) is 38.3 Å². The lowest BCUT2D eigenvalue weighted by Crippen LogP contribution is -2.54. The van der Waals surface area contributed by atoms with Crippen molar-refractivity contribution < 1.29 is 14.4 Å². The van der Waals surface area contributed by atoms with E-state index in [1.807, 2.05) is 13.0 Å². The molecule has 164 valence electrons. The van der Waals surface area contributed by atoms with Gasteiger partial charge in [-0.1, -0.05) is 40.9 Å². The Kier molecular flexibility index (Phi) is 4.29. The molecule has 0 radical (unpaired) electrons. The number of hydrogen-bond donors (Lipinski definition) is 1. The van der Waals surface area contributed by atoms with Crippen LogP contribution in [0.2, 0.25) is 15.1 Å². The van der Waals surface area contributed by atoms with Gasteiger partial charge in [-0.15, -0.1) is 0 Å². The fraction of sp³-hybridized carbons (Fsp3) is 0.348. The van der Waals surface area contributed by atoms with E-state index in [1.165, 1.54) is 11.0 Å². The molecule has 6 rings (SSSR count). The van der Waals surface area contributed by atoms with Crippen molar-refractivity contribution in [2.45, 2.75) is 31.3 Å². The monoisotopic (exact) mass is 489 g/mol. The molecule has 4 aliphatic rings. The van der Waals surface area contributed by atoms with E-state index in [1.54, 1.807) is 18.2 Å². The van der Waals surface area contributed by atoms with Crippen molar-refractivity contribution >= 4 is 63.9 Å². The van der Waals surface area contributed by atoms with E-state index in [0.29, 0.717) is 33.5 Å². The Morgan fingerprint density at radius 1 is 1.00 bits per heavy atom. The summed E-state index contributed by atoms with van der Waals surface area (Å²) in [6, 6.07) is 8.19. The highest BCUT2D eigenvalue weighted by atomic mass is 35.5. The summed E-state index contributed by atoms with van der Waals surface area (Å²) in [5, 5.41) is 3.95. The van der Waals surface area contributed by atoms with Gasteiger partial charge in [0.15, 0.2) is 0 Å². The molecule has 4 atom stereocenters. The molecule has 4 aliphatic heterocycles. The number of amides is 3.